The lowest BCUT2D eigenvalue weighted by atomic mass is 10.0. The molecule has 2 fully saturated rings. The van der Waals surface area contributed by atoms with Crippen LogP contribution in [0.15, 0.2) is 0 Å². The van der Waals surface area contributed by atoms with Gasteiger partial charge < -0.3 is 11.1 Å². The van der Waals surface area contributed by atoms with Crippen LogP contribution in [0.1, 0.15) is 19.3 Å². The minimum Gasteiger partial charge on any atom is -0.354 e. The van der Waals surface area contributed by atoms with E-state index in [-0.39, 0.29) is 5.91 Å². The number of likely N-dealkylation sites (tertiary alicyclic amines) is 1. The van der Waals surface area contributed by atoms with Crippen LogP contribution in [0.4, 0.5) is 0 Å². The Hall–Kier alpha value is -0.610. The number of hydrogen-bond acceptors (Lipinski definition) is 3. The SMILES string of the molecule is NCCNC(=O)CN1CC2CCCC2C1. The van der Waals surface area contributed by atoms with Crippen LogP contribution in [0.2, 0.25) is 0 Å². The third-order valence-corrected chi connectivity index (χ3v) is 3.64. The number of rotatable bonds is 4. The molecule has 4 heteroatoms. The molecule has 2 rings (SSSR count). The molecule has 15 heavy (non-hydrogen) atoms. The lowest BCUT2D eigenvalue weighted by molar-refractivity contribution is -0.122. The van der Waals surface area contributed by atoms with Crippen molar-refractivity contribution in [3.63, 3.8) is 0 Å². The molecule has 0 spiro atoms. The van der Waals surface area contributed by atoms with E-state index in [9.17, 15) is 4.79 Å². The maximum Gasteiger partial charge on any atom is 0.234 e. The summed E-state index contributed by atoms with van der Waals surface area (Å²) in [7, 11) is 0. The maximum atomic E-state index is 11.5. The van der Waals surface area contributed by atoms with Crippen LogP contribution in [0.5, 0.6) is 0 Å². The Morgan fingerprint density at radius 2 is 2.00 bits per heavy atom. The molecule has 0 bridgehead atoms. The molecule has 2 aliphatic rings. The molecule has 1 aliphatic heterocycles. The summed E-state index contributed by atoms with van der Waals surface area (Å²) in [6.07, 6.45) is 4.12. The smallest absolute Gasteiger partial charge is 0.234 e. The van der Waals surface area contributed by atoms with Crippen molar-refractivity contribution >= 4 is 5.91 Å². The van der Waals surface area contributed by atoms with E-state index in [1.807, 2.05) is 0 Å². The summed E-state index contributed by atoms with van der Waals surface area (Å²) in [5.41, 5.74) is 5.33. The fourth-order valence-corrected chi connectivity index (χ4v) is 2.93. The van der Waals surface area contributed by atoms with E-state index in [1.54, 1.807) is 0 Å². The molecule has 86 valence electrons. The van der Waals surface area contributed by atoms with E-state index in [0.29, 0.717) is 19.6 Å². The van der Waals surface area contributed by atoms with Gasteiger partial charge in [-0.2, -0.15) is 0 Å². The molecule has 3 N–H and O–H groups in total. The Labute approximate surface area is 91.2 Å². The lowest BCUT2D eigenvalue weighted by Crippen LogP contribution is -2.38. The average Bonchev–Trinajstić information content (AvgIpc) is 2.74. The van der Waals surface area contributed by atoms with Crippen LogP contribution in [-0.4, -0.2) is 43.5 Å². The van der Waals surface area contributed by atoms with E-state index in [2.05, 4.69) is 10.2 Å². The number of amides is 1. The van der Waals surface area contributed by atoms with Crippen molar-refractivity contribution in [2.24, 2.45) is 17.6 Å². The normalized spacial score (nSPS) is 30.5. The molecule has 1 aliphatic carbocycles. The Morgan fingerprint density at radius 3 is 2.60 bits per heavy atom. The Kier molecular flexibility index (Phi) is 3.59. The first kappa shape index (κ1) is 10.9. The molecular weight excluding hydrogens is 190 g/mol. The van der Waals surface area contributed by atoms with Gasteiger partial charge in [0, 0.05) is 26.2 Å². The summed E-state index contributed by atoms with van der Waals surface area (Å²) >= 11 is 0. The highest BCUT2D eigenvalue weighted by Crippen LogP contribution is 2.37. The number of carbonyl (C=O) groups is 1. The fourth-order valence-electron chi connectivity index (χ4n) is 2.93. The van der Waals surface area contributed by atoms with Gasteiger partial charge in [0.05, 0.1) is 6.54 Å². The highest BCUT2D eigenvalue weighted by atomic mass is 16.2. The minimum absolute atomic E-state index is 0.125. The van der Waals surface area contributed by atoms with Gasteiger partial charge >= 0.3 is 0 Å². The first-order valence-corrected chi connectivity index (χ1v) is 5.98. The highest BCUT2D eigenvalue weighted by molar-refractivity contribution is 5.78. The van der Waals surface area contributed by atoms with Gasteiger partial charge in [-0.15, -0.1) is 0 Å². The number of fused-ring (bicyclic) bond motifs is 1. The van der Waals surface area contributed by atoms with Gasteiger partial charge in [-0.25, -0.2) is 0 Å². The van der Waals surface area contributed by atoms with Crippen molar-refractivity contribution in [1.82, 2.24) is 10.2 Å². The fraction of sp³-hybridized carbons (Fsp3) is 0.909. The zero-order chi connectivity index (χ0) is 10.7. The quantitative estimate of drug-likeness (QED) is 0.676. The van der Waals surface area contributed by atoms with Crippen molar-refractivity contribution in [1.29, 1.82) is 0 Å². The van der Waals surface area contributed by atoms with Crippen LogP contribution in [0.25, 0.3) is 0 Å². The van der Waals surface area contributed by atoms with Crippen LogP contribution in [0, 0.1) is 11.8 Å². The predicted octanol–water partition coefficient (Wildman–Crippen LogP) is -0.207. The average molecular weight is 211 g/mol. The monoisotopic (exact) mass is 211 g/mol. The highest BCUT2D eigenvalue weighted by Gasteiger charge is 2.36. The standard InChI is InChI=1S/C11H21N3O/c12-4-5-13-11(15)8-14-6-9-2-1-3-10(9)7-14/h9-10H,1-8,12H2,(H,13,15). The van der Waals surface area contributed by atoms with E-state index >= 15 is 0 Å². The largest absolute Gasteiger partial charge is 0.354 e. The van der Waals surface area contributed by atoms with Gasteiger partial charge in [0.2, 0.25) is 5.91 Å². The Morgan fingerprint density at radius 1 is 1.33 bits per heavy atom. The second kappa shape index (κ2) is 4.94. The van der Waals surface area contributed by atoms with Gasteiger partial charge in [-0.05, 0) is 24.7 Å². The van der Waals surface area contributed by atoms with Crippen molar-refractivity contribution in [2.45, 2.75) is 19.3 Å². The second-order valence-electron chi connectivity index (χ2n) is 4.78. The number of nitrogens with one attached hydrogen (secondary N) is 1. The van der Waals surface area contributed by atoms with Gasteiger partial charge in [0.1, 0.15) is 0 Å². The number of hydrogen-bond donors (Lipinski definition) is 2. The Balaban J connectivity index is 1.70. The van der Waals surface area contributed by atoms with E-state index < -0.39 is 0 Å². The number of nitrogens with zero attached hydrogens (tertiary/aromatic N) is 1. The van der Waals surface area contributed by atoms with Gasteiger partial charge in [0.25, 0.3) is 0 Å². The topological polar surface area (TPSA) is 58.4 Å². The summed E-state index contributed by atoms with van der Waals surface area (Å²) in [4.78, 5) is 13.8. The van der Waals surface area contributed by atoms with Crippen LogP contribution in [-0.2, 0) is 4.79 Å². The molecule has 0 aromatic carbocycles. The first-order chi connectivity index (χ1) is 7.29. The second-order valence-corrected chi connectivity index (χ2v) is 4.78. The Bertz CT molecular complexity index is 220. The van der Waals surface area contributed by atoms with Crippen molar-refractivity contribution in [3.05, 3.63) is 0 Å². The molecule has 4 nitrogen and oxygen atoms in total. The van der Waals surface area contributed by atoms with Crippen molar-refractivity contribution < 1.29 is 4.79 Å². The van der Waals surface area contributed by atoms with Gasteiger partial charge in [-0.1, -0.05) is 6.42 Å². The number of carbonyl (C=O) groups excluding carboxylic acids is 1. The lowest BCUT2D eigenvalue weighted by Gasteiger charge is -2.15. The van der Waals surface area contributed by atoms with Crippen molar-refractivity contribution in [3.8, 4) is 0 Å². The third kappa shape index (κ3) is 2.69. The van der Waals surface area contributed by atoms with E-state index in [0.717, 1.165) is 24.9 Å². The molecule has 2 unspecified atom stereocenters. The van der Waals surface area contributed by atoms with Crippen LogP contribution in [0.3, 0.4) is 0 Å². The van der Waals surface area contributed by atoms with Gasteiger partial charge in [0.15, 0.2) is 0 Å². The van der Waals surface area contributed by atoms with E-state index in [1.165, 1.54) is 19.3 Å². The predicted molar refractivity (Wildman–Crippen MR) is 59.3 cm³/mol. The summed E-state index contributed by atoms with van der Waals surface area (Å²) in [6.45, 7) is 3.94. The molecule has 0 aromatic rings. The molecular formula is C11H21N3O. The molecule has 0 aromatic heterocycles. The van der Waals surface area contributed by atoms with Crippen molar-refractivity contribution in [2.75, 3.05) is 32.7 Å². The zero-order valence-electron chi connectivity index (χ0n) is 9.24. The maximum absolute atomic E-state index is 11.5. The summed E-state index contributed by atoms with van der Waals surface area (Å²) < 4.78 is 0. The van der Waals surface area contributed by atoms with Gasteiger partial charge in [-0.3, -0.25) is 9.69 Å². The molecule has 2 atom stereocenters. The van der Waals surface area contributed by atoms with E-state index in [4.69, 9.17) is 5.73 Å². The minimum atomic E-state index is 0.125. The summed E-state index contributed by atoms with van der Waals surface area (Å²) in [5.74, 6) is 1.86. The molecule has 1 heterocycles. The molecule has 0 radical (unpaired) electrons. The van der Waals surface area contributed by atoms with Crippen LogP contribution < -0.4 is 11.1 Å². The molecule has 1 amide bonds. The first-order valence-electron chi connectivity index (χ1n) is 5.98. The zero-order valence-corrected chi connectivity index (χ0v) is 9.24. The number of nitrogens with two attached hydrogens (primary N) is 1. The summed E-state index contributed by atoms with van der Waals surface area (Å²) in [6, 6.07) is 0. The molecule has 1 saturated carbocycles. The molecule has 1 saturated heterocycles. The third-order valence-electron chi connectivity index (χ3n) is 3.64. The summed E-state index contributed by atoms with van der Waals surface area (Å²) in [5, 5.41) is 2.82. The van der Waals surface area contributed by atoms with Crippen LogP contribution >= 0.6 is 0 Å².